The summed E-state index contributed by atoms with van der Waals surface area (Å²) >= 11 is 0. The van der Waals surface area contributed by atoms with E-state index in [1.807, 2.05) is 30.3 Å². The summed E-state index contributed by atoms with van der Waals surface area (Å²) in [7, 11) is 0. The largest absolute Gasteiger partial charge is 0.489 e. The molecule has 0 spiro atoms. The molecule has 0 saturated carbocycles. The first-order valence-corrected chi connectivity index (χ1v) is 7.37. The molecular formula is C17H20N4O. The SMILES string of the molecule is NN=C1NCC(Cc2ccc(OCc3ccccc3)cc2)N1. The number of hydrogen-bond donors (Lipinski definition) is 3. The van der Waals surface area contributed by atoms with Crippen LogP contribution in [0.1, 0.15) is 11.1 Å². The van der Waals surface area contributed by atoms with Crippen molar-refractivity contribution in [1.29, 1.82) is 0 Å². The maximum atomic E-state index is 5.79. The minimum Gasteiger partial charge on any atom is -0.489 e. The molecule has 1 aliphatic rings. The molecule has 0 bridgehead atoms. The van der Waals surface area contributed by atoms with E-state index < -0.39 is 0 Å². The minimum atomic E-state index is 0.318. The van der Waals surface area contributed by atoms with Gasteiger partial charge in [0.25, 0.3) is 0 Å². The lowest BCUT2D eigenvalue weighted by Gasteiger charge is -2.10. The van der Waals surface area contributed by atoms with Crippen LogP contribution in [-0.4, -0.2) is 18.5 Å². The van der Waals surface area contributed by atoms with Gasteiger partial charge in [0.05, 0.1) is 6.04 Å². The second kappa shape index (κ2) is 6.85. The molecule has 2 aromatic carbocycles. The average Bonchev–Trinajstić information content (AvgIpc) is 3.03. The van der Waals surface area contributed by atoms with Crippen molar-refractivity contribution in [2.45, 2.75) is 19.1 Å². The average molecular weight is 296 g/mol. The first-order valence-electron chi connectivity index (χ1n) is 7.37. The van der Waals surface area contributed by atoms with E-state index >= 15 is 0 Å². The maximum Gasteiger partial charge on any atom is 0.213 e. The van der Waals surface area contributed by atoms with E-state index in [9.17, 15) is 0 Å². The third-order valence-electron chi connectivity index (χ3n) is 3.64. The smallest absolute Gasteiger partial charge is 0.213 e. The van der Waals surface area contributed by atoms with Crippen molar-refractivity contribution in [1.82, 2.24) is 10.6 Å². The monoisotopic (exact) mass is 296 g/mol. The highest BCUT2D eigenvalue weighted by atomic mass is 16.5. The van der Waals surface area contributed by atoms with Crippen LogP contribution in [0.25, 0.3) is 0 Å². The van der Waals surface area contributed by atoms with Crippen LogP contribution in [0.3, 0.4) is 0 Å². The summed E-state index contributed by atoms with van der Waals surface area (Å²) in [5.41, 5.74) is 2.42. The third-order valence-corrected chi connectivity index (χ3v) is 3.64. The molecular weight excluding hydrogens is 276 g/mol. The second-order valence-corrected chi connectivity index (χ2v) is 5.32. The van der Waals surface area contributed by atoms with E-state index in [1.54, 1.807) is 0 Å². The molecule has 1 unspecified atom stereocenters. The summed E-state index contributed by atoms with van der Waals surface area (Å²) in [6.07, 6.45) is 0.922. The van der Waals surface area contributed by atoms with E-state index in [2.05, 4.69) is 40.0 Å². The van der Waals surface area contributed by atoms with Crippen LogP contribution in [-0.2, 0) is 13.0 Å². The Morgan fingerprint density at radius 2 is 1.82 bits per heavy atom. The molecule has 0 aliphatic carbocycles. The Labute approximate surface area is 130 Å². The number of hydrogen-bond acceptors (Lipinski definition) is 3. The van der Waals surface area contributed by atoms with Gasteiger partial charge >= 0.3 is 0 Å². The molecule has 22 heavy (non-hydrogen) atoms. The number of nitrogens with two attached hydrogens (primary N) is 1. The summed E-state index contributed by atoms with van der Waals surface area (Å²) in [5, 5.41) is 9.97. The molecule has 5 heteroatoms. The molecule has 114 valence electrons. The van der Waals surface area contributed by atoms with Gasteiger partial charge in [-0.05, 0) is 29.7 Å². The fraction of sp³-hybridized carbons (Fsp3) is 0.235. The highest BCUT2D eigenvalue weighted by Crippen LogP contribution is 2.15. The summed E-state index contributed by atoms with van der Waals surface area (Å²) < 4.78 is 5.79. The second-order valence-electron chi connectivity index (χ2n) is 5.32. The first kappa shape index (κ1) is 14.3. The number of nitrogens with zero attached hydrogens (tertiary/aromatic N) is 1. The molecule has 1 heterocycles. The van der Waals surface area contributed by atoms with Gasteiger partial charge in [-0.3, -0.25) is 0 Å². The molecule has 0 radical (unpaired) electrons. The van der Waals surface area contributed by atoms with Gasteiger partial charge < -0.3 is 21.2 Å². The molecule has 1 aliphatic heterocycles. The Kier molecular flexibility index (Phi) is 4.44. The Morgan fingerprint density at radius 3 is 2.50 bits per heavy atom. The number of hydrazone groups is 1. The van der Waals surface area contributed by atoms with E-state index in [1.165, 1.54) is 11.1 Å². The van der Waals surface area contributed by atoms with Crippen LogP contribution in [0.4, 0.5) is 0 Å². The third kappa shape index (κ3) is 3.69. The quantitative estimate of drug-likeness (QED) is 0.579. The fourth-order valence-corrected chi connectivity index (χ4v) is 2.47. The molecule has 2 aromatic rings. The molecule has 0 amide bonds. The topological polar surface area (TPSA) is 71.7 Å². The van der Waals surface area contributed by atoms with E-state index in [4.69, 9.17) is 10.6 Å². The lowest BCUT2D eigenvalue weighted by Crippen LogP contribution is -2.30. The zero-order chi connectivity index (χ0) is 15.2. The van der Waals surface area contributed by atoms with Crippen LogP contribution in [0.15, 0.2) is 59.7 Å². The highest BCUT2D eigenvalue weighted by Gasteiger charge is 2.18. The number of nitrogens with one attached hydrogen (secondary N) is 2. The van der Waals surface area contributed by atoms with Crippen molar-refractivity contribution >= 4 is 5.96 Å². The highest BCUT2D eigenvalue weighted by molar-refractivity contribution is 5.81. The number of ether oxygens (including phenoxy) is 1. The molecule has 0 aromatic heterocycles. The lowest BCUT2D eigenvalue weighted by molar-refractivity contribution is 0.306. The lowest BCUT2D eigenvalue weighted by atomic mass is 10.1. The zero-order valence-electron chi connectivity index (χ0n) is 12.3. The Morgan fingerprint density at radius 1 is 1.05 bits per heavy atom. The predicted molar refractivity (Wildman–Crippen MR) is 87.5 cm³/mol. The van der Waals surface area contributed by atoms with Crippen molar-refractivity contribution in [3.63, 3.8) is 0 Å². The van der Waals surface area contributed by atoms with Crippen molar-refractivity contribution in [3.8, 4) is 5.75 Å². The normalized spacial score (nSPS) is 18.7. The Bertz CT molecular complexity index is 625. The Hall–Kier alpha value is -2.69. The summed E-state index contributed by atoms with van der Waals surface area (Å²) in [5.74, 6) is 6.78. The van der Waals surface area contributed by atoms with Gasteiger partial charge in [-0.15, -0.1) is 5.10 Å². The van der Waals surface area contributed by atoms with Crippen molar-refractivity contribution in [2.24, 2.45) is 10.9 Å². The molecule has 1 fully saturated rings. The van der Waals surface area contributed by atoms with Crippen molar-refractivity contribution < 1.29 is 4.74 Å². The van der Waals surface area contributed by atoms with Crippen LogP contribution in [0.5, 0.6) is 5.75 Å². The van der Waals surface area contributed by atoms with Gasteiger partial charge in [-0.1, -0.05) is 42.5 Å². The summed E-state index contributed by atoms with van der Waals surface area (Å²) in [6, 6.07) is 18.7. The van der Waals surface area contributed by atoms with E-state index in [0.717, 1.165) is 18.7 Å². The molecule has 3 rings (SSSR count). The molecule has 1 saturated heterocycles. The molecule has 4 N–H and O–H groups in total. The summed E-state index contributed by atoms with van der Waals surface area (Å²) in [6.45, 7) is 1.42. The van der Waals surface area contributed by atoms with Gasteiger partial charge in [0.15, 0.2) is 0 Å². The van der Waals surface area contributed by atoms with Crippen LogP contribution >= 0.6 is 0 Å². The van der Waals surface area contributed by atoms with E-state index in [0.29, 0.717) is 18.6 Å². The van der Waals surface area contributed by atoms with Crippen molar-refractivity contribution in [2.75, 3.05) is 6.54 Å². The Balaban J connectivity index is 1.52. The number of rotatable bonds is 5. The minimum absolute atomic E-state index is 0.318. The molecule has 1 atom stereocenters. The summed E-state index contributed by atoms with van der Waals surface area (Å²) in [4.78, 5) is 0. The predicted octanol–water partition coefficient (Wildman–Crippen LogP) is 1.60. The first-order chi connectivity index (χ1) is 10.8. The number of benzene rings is 2. The molecule has 5 nitrogen and oxygen atoms in total. The maximum absolute atomic E-state index is 5.79. The van der Waals surface area contributed by atoms with Gasteiger partial charge in [-0.2, -0.15) is 0 Å². The fourth-order valence-electron chi connectivity index (χ4n) is 2.47. The van der Waals surface area contributed by atoms with Crippen LogP contribution in [0.2, 0.25) is 0 Å². The standard InChI is InChI=1S/C17H20N4O/c18-21-17-19-11-15(20-17)10-13-6-8-16(9-7-13)22-12-14-4-2-1-3-5-14/h1-9,15H,10-12,18H2,(H2,19,20,21). The van der Waals surface area contributed by atoms with Crippen molar-refractivity contribution in [3.05, 3.63) is 65.7 Å². The zero-order valence-corrected chi connectivity index (χ0v) is 12.3. The number of guanidine groups is 1. The van der Waals surface area contributed by atoms with Crippen LogP contribution in [0, 0.1) is 0 Å². The van der Waals surface area contributed by atoms with E-state index in [-0.39, 0.29) is 0 Å². The van der Waals surface area contributed by atoms with Gasteiger partial charge in [0.2, 0.25) is 5.96 Å². The van der Waals surface area contributed by atoms with Gasteiger partial charge in [-0.25, -0.2) is 0 Å². The van der Waals surface area contributed by atoms with Gasteiger partial charge in [0, 0.05) is 6.54 Å². The van der Waals surface area contributed by atoms with Gasteiger partial charge in [0.1, 0.15) is 12.4 Å². The van der Waals surface area contributed by atoms with Crippen LogP contribution < -0.4 is 21.2 Å².